The molecule has 0 radical (unpaired) electrons. The summed E-state index contributed by atoms with van der Waals surface area (Å²) in [4.78, 5) is 4.48. The number of pyridine rings is 1. The molecule has 1 rings (SSSR count). The van der Waals surface area contributed by atoms with Crippen molar-refractivity contribution in [3.63, 3.8) is 0 Å². The molecule has 0 aliphatic heterocycles. The van der Waals surface area contributed by atoms with Gasteiger partial charge in [-0.15, -0.1) is 0 Å². The summed E-state index contributed by atoms with van der Waals surface area (Å²) in [6.07, 6.45) is 1.16. The van der Waals surface area contributed by atoms with E-state index < -0.39 is 0 Å². The van der Waals surface area contributed by atoms with Gasteiger partial charge in [0.2, 0.25) is 0 Å². The van der Waals surface area contributed by atoms with Crippen LogP contribution in [0.4, 0.5) is 5.82 Å². The van der Waals surface area contributed by atoms with E-state index >= 15 is 0 Å². The standard InChI is InChI=1S/C12H21N3/c1-5-6-14-8-11-9(2)7-10(3)15-12(11)13-4/h7,14H,5-6,8H2,1-4H3,(H,13,15). The van der Waals surface area contributed by atoms with E-state index in [-0.39, 0.29) is 0 Å². The van der Waals surface area contributed by atoms with Gasteiger partial charge in [-0.2, -0.15) is 0 Å². The van der Waals surface area contributed by atoms with E-state index in [0.717, 1.165) is 31.0 Å². The molecular weight excluding hydrogens is 186 g/mol. The van der Waals surface area contributed by atoms with Gasteiger partial charge in [0.25, 0.3) is 0 Å². The van der Waals surface area contributed by atoms with Gasteiger partial charge < -0.3 is 10.6 Å². The molecule has 1 aromatic heterocycles. The molecule has 0 bridgehead atoms. The zero-order valence-electron chi connectivity index (χ0n) is 10.1. The fourth-order valence-corrected chi connectivity index (χ4v) is 1.68. The number of rotatable bonds is 5. The molecule has 0 atom stereocenters. The summed E-state index contributed by atoms with van der Waals surface area (Å²) in [7, 11) is 1.92. The van der Waals surface area contributed by atoms with Crippen LogP contribution in [-0.4, -0.2) is 18.6 Å². The van der Waals surface area contributed by atoms with Crippen molar-refractivity contribution in [2.75, 3.05) is 18.9 Å². The fraction of sp³-hybridized carbons (Fsp3) is 0.583. The predicted octanol–water partition coefficient (Wildman–Crippen LogP) is 2.24. The van der Waals surface area contributed by atoms with Crippen molar-refractivity contribution in [2.45, 2.75) is 33.7 Å². The zero-order valence-corrected chi connectivity index (χ0v) is 10.1. The van der Waals surface area contributed by atoms with Crippen LogP contribution in [0.15, 0.2) is 6.07 Å². The zero-order chi connectivity index (χ0) is 11.3. The molecule has 0 unspecified atom stereocenters. The lowest BCUT2D eigenvalue weighted by atomic mass is 10.1. The van der Waals surface area contributed by atoms with Gasteiger partial charge in [0.05, 0.1) is 0 Å². The normalized spacial score (nSPS) is 10.4. The minimum atomic E-state index is 0.892. The first kappa shape index (κ1) is 12.0. The molecule has 0 amide bonds. The van der Waals surface area contributed by atoms with Gasteiger partial charge in [0.15, 0.2) is 0 Å². The lowest BCUT2D eigenvalue weighted by molar-refractivity contribution is 0.672. The van der Waals surface area contributed by atoms with Crippen LogP contribution in [0.1, 0.15) is 30.2 Å². The summed E-state index contributed by atoms with van der Waals surface area (Å²) in [5.41, 5.74) is 3.64. The van der Waals surface area contributed by atoms with E-state index in [0.29, 0.717) is 0 Å². The van der Waals surface area contributed by atoms with Gasteiger partial charge in [-0.05, 0) is 38.4 Å². The van der Waals surface area contributed by atoms with E-state index in [2.05, 4.69) is 35.5 Å². The third-order valence-electron chi connectivity index (χ3n) is 2.44. The number of anilines is 1. The first-order valence-corrected chi connectivity index (χ1v) is 5.54. The summed E-state index contributed by atoms with van der Waals surface area (Å²) >= 11 is 0. The van der Waals surface area contributed by atoms with E-state index in [1.54, 1.807) is 0 Å². The molecule has 3 heteroatoms. The largest absolute Gasteiger partial charge is 0.373 e. The first-order valence-electron chi connectivity index (χ1n) is 5.54. The molecule has 0 saturated carbocycles. The maximum atomic E-state index is 4.48. The average Bonchev–Trinajstić information content (AvgIpc) is 2.20. The highest BCUT2D eigenvalue weighted by Crippen LogP contribution is 2.17. The quantitative estimate of drug-likeness (QED) is 0.727. The van der Waals surface area contributed by atoms with Gasteiger partial charge in [0, 0.05) is 24.8 Å². The van der Waals surface area contributed by atoms with Crippen LogP contribution in [0, 0.1) is 13.8 Å². The Morgan fingerprint density at radius 2 is 2.07 bits per heavy atom. The highest BCUT2D eigenvalue weighted by Gasteiger charge is 2.06. The van der Waals surface area contributed by atoms with Crippen molar-refractivity contribution in [1.29, 1.82) is 0 Å². The maximum Gasteiger partial charge on any atom is 0.130 e. The topological polar surface area (TPSA) is 37.0 Å². The van der Waals surface area contributed by atoms with Crippen LogP contribution in [0.3, 0.4) is 0 Å². The molecule has 0 aromatic carbocycles. The molecule has 1 heterocycles. The monoisotopic (exact) mass is 207 g/mol. The molecule has 1 aromatic rings. The van der Waals surface area contributed by atoms with Crippen LogP contribution in [0.5, 0.6) is 0 Å². The minimum Gasteiger partial charge on any atom is -0.373 e. The molecule has 15 heavy (non-hydrogen) atoms. The Kier molecular flexibility index (Phi) is 4.56. The lowest BCUT2D eigenvalue weighted by Gasteiger charge is -2.13. The van der Waals surface area contributed by atoms with Crippen molar-refractivity contribution in [1.82, 2.24) is 10.3 Å². The molecule has 0 fully saturated rings. The number of aromatic nitrogens is 1. The van der Waals surface area contributed by atoms with Crippen molar-refractivity contribution in [2.24, 2.45) is 0 Å². The van der Waals surface area contributed by atoms with Gasteiger partial charge in [-0.3, -0.25) is 0 Å². The summed E-state index contributed by atoms with van der Waals surface area (Å²) in [5, 5.41) is 6.56. The molecule has 0 aliphatic carbocycles. The summed E-state index contributed by atoms with van der Waals surface area (Å²) in [6, 6.07) is 2.13. The van der Waals surface area contributed by atoms with E-state index in [9.17, 15) is 0 Å². The Labute approximate surface area is 92.3 Å². The average molecular weight is 207 g/mol. The Hall–Kier alpha value is -1.09. The van der Waals surface area contributed by atoms with Gasteiger partial charge in [-0.25, -0.2) is 4.98 Å². The highest BCUT2D eigenvalue weighted by molar-refractivity contribution is 5.48. The number of hydrogen-bond donors (Lipinski definition) is 2. The molecule has 0 saturated heterocycles. The summed E-state index contributed by atoms with van der Waals surface area (Å²) in [5.74, 6) is 0.996. The Bertz CT molecular complexity index is 321. The number of aryl methyl sites for hydroxylation is 2. The van der Waals surface area contributed by atoms with Crippen LogP contribution in [-0.2, 0) is 6.54 Å². The Balaban J connectivity index is 2.84. The Morgan fingerprint density at radius 1 is 1.33 bits per heavy atom. The van der Waals surface area contributed by atoms with Crippen LogP contribution < -0.4 is 10.6 Å². The Morgan fingerprint density at radius 3 is 2.67 bits per heavy atom. The summed E-state index contributed by atoms with van der Waals surface area (Å²) < 4.78 is 0. The second-order valence-corrected chi connectivity index (χ2v) is 3.83. The molecule has 84 valence electrons. The van der Waals surface area contributed by atoms with Gasteiger partial charge in [-0.1, -0.05) is 6.92 Å². The maximum absolute atomic E-state index is 4.48. The lowest BCUT2D eigenvalue weighted by Crippen LogP contribution is -2.16. The van der Waals surface area contributed by atoms with Crippen molar-refractivity contribution >= 4 is 5.82 Å². The van der Waals surface area contributed by atoms with Crippen molar-refractivity contribution in [3.8, 4) is 0 Å². The van der Waals surface area contributed by atoms with Crippen LogP contribution in [0.2, 0.25) is 0 Å². The summed E-state index contributed by atoms with van der Waals surface area (Å²) in [6.45, 7) is 8.28. The fourth-order valence-electron chi connectivity index (χ4n) is 1.68. The number of nitrogens with zero attached hydrogens (tertiary/aromatic N) is 1. The van der Waals surface area contributed by atoms with Crippen LogP contribution >= 0.6 is 0 Å². The minimum absolute atomic E-state index is 0.892. The first-order chi connectivity index (χ1) is 7.19. The number of hydrogen-bond acceptors (Lipinski definition) is 3. The van der Waals surface area contributed by atoms with Gasteiger partial charge in [0.1, 0.15) is 5.82 Å². The molecule has 2 N–H and O–H groups in total. The van der Waals surface area contributed by atoms with E-state index in [1.165, 1.54) is 11.1 Å². The molecule has 3 nitrogen and oxygen atoms in total. The third-order valence-corrected chi connectivity index (χ3v) is 2.44. The van der Waals surface area contributed by atoms with Crippen molar-refractivity contribution in [3.05, 3.63) is 22.9 Å². The number of nitrogens with one attached hydrogen (secondary N) is 2. The van der Waals surface area contributed by atoms with E-state index in [1.807, 2.05) is 14.0 Å². The second-order valence-electron chi connectivity index (χ2n) is 3.83. The third kappa shape index (κ3) is 3.20. The van der Waals surface area contributed by atoms with Crippen LogP contribution in [0.25, 0.3) is 0 Å². The van der Waals surface area contributed by atoms with Gasteiger partial charge >= 0.3 is 0 Å². The smallest absolute Gasteiger partial charge is 0.130 e. The molecule has 0 spiro atoms. The second kappa shape index (κ2) is 5.71. The highest BCUT2D eigenvalue weighted by atomic mass is 15.0. The predicted molar refractivity (Wildman–Crippen MR) is 65.3 cm³/mol. The van der Waals surface area contributed by atoms with E-state index in [4.69, 9.17) is 0 Å². The SMILES string of the molecule is CCCNCc1c(C)cc(C)nc1NC. The molecular formula is C12H21N3. The van der Waals surface area contributed by atoms with Crippen molar-refractivity contribution < 1.29 is 0 Å². The molecule has 0 aliphatic rings.